The van der Waals surface area contributed by atoms with Crippen LogP contribution in [0, 0.1) is 5.82 Å². The van der Waals surface area contributed by atoms with Crippen molar-refractivity contribution in [2.75, 3.05) is 12.4 Å². The molecule has 0 bridgehead atoms. The van der Waals surface area contributed by atoms with Crippen LogP contribution in [0.25, 0.3) is 11.0 Å². The Kier molecular flexibility index (Phi) is 5.76. The lowest BCUT2D eigenvalue weighted by Crippen LogP contribution is -2.23. The average Bonchev–Trinajstić information content (AvgIpc) is 3.16. The monoisotopic (exact) mass is 431 g/mol. The molecule has 160 valence electrons. The van der Waals surface area contributed by atoms with Gasteiger partial charge in [0, 0.05) is 5.56 Å². The molecule has 1 amide bonds. The van der Waals surface area contributed by atoms with E-state index < -0.39 is 23.5 Å². The van der Waals surface area contributed by atoms with Crippen LogP contribution in [-0.4, -0.2) is 34.3 Å². The molecule has 0 saturated carbocycles. The molecule has 0 aliphatic rings. The normalized spacial score (nSPS) is 10.7. The molecular weight excluding hydrogens is 413 g/mol. The summed E-state index contributed by atoms with van der Waals surface area (Å²) in [6.07, 6.45) is 0. The van der Waals surface area contributed by atoms with Crippen LogP contribution in [0.3, 0.4) is 0 Å². The van der Waals surface area contributed by atoms with Gasteiger partial charge in [-0.1, -0.05) is 36.4 Å². The third-order valence-electron chi connectivity index (χ3n) is 4.85. The molecule has 0 radical (unpaired) electrons. The van der Waals surface area contributed by atoms with E-state index in [1.54, 1.807) is 42.5 Å². The van der Waals surface area contributed by atoms with E-state index in [4.69, 9.17) is 4.74 Å². The summed E-state index contributed by atoms with van der Waals surface area (Å²) in [5.74, 6) is -2.11. The van der Waals surface area contributed by atoms with E-state index in [0.29, 0.717) is 11.0 Å². The van der Waals surface area contributed by atoms with Crippen molar-refractivity contribution in [3.8, 4) is 0 Å². The van der Waals surface area contributed by atoms with Crippen LogP contribution < -0.4 is 5.32 Å². The third-order valence-corrected chi connectivity index (χ3v) is 4.85. The van der Waals surface area contributed by atoms with Crippen molar-refractivity contribution in [2.24, 2.45) is 0 Å². The molecule has 4 rings (SSSR count). The molecule has 0 spiro atoms. The highest BCUT2D eigenvalue weighted by Crippen LogP contribution is 2.21. The van der Waals surface area contributed by atoms with Gasteiger partial charge in [-0.2, -0.15) is 0 Å². The Morgan fingerprint density at radius 2 is 1.75 bits per heavy atom. The van der Waals surface area contributed by atoms with Crippen molar-refractivity contribution in [3.63, 3.8) is 0 Å². The van der Waals surface area contributed by atoms with Crippen LogP contribution >= 0.6 is 0 Å². The van der Waals surface area contributed by atoms with E-state index in [-0.39, 0.29) is 29.2 Å². The number of benzene rings is 3. The van der Waals surface area contributed by atoms with Gasteiger partial charge in [0.15, 0.2) is 5.82 Å². The van der Waals surface area contributed by atoms with Crippen molar-refractivity contribution in [1.82, 2.24) is 9.55 Å². The SMILES string of the molecule is COC(=O)c1ccccc1NC(=O)Cn1c(C(=O)c2cccc(F)c2)nc2ccccc21. The van der Waals surface area contributed by atoms with Crippen molar-refractivity contribution >= 4 is 34.4 Å². The number of para-hydroxylation sites is 3. The number of ether oxygens (including phenoxy) is 1. The number of nitrogens with one attached hydrogen (secondary N) is 1. The van der Waals surface area contributed by atoms with Gasteiger partial charge in [-0.05, 0) is 36.4 Å². The van der Waals surface area contributed by atoms with E-state index in [1.807, 2.05) is 0 Å². The van der Waals surface area contributed by atoms with Crippen LogP contribution in [0.2, 0.25) is 0 Å². The number of ketones is 1. The zero-order chi connectivity index (χ0) is 22.7. The van der Waals surface area contributed by atoms with Gasteiger partial charge in [0.05, 0.1) is 29.4 Å². The zero-order valence-corrected chi connectivity index (χ0v) is 17.0. The predicted octanol–water partition coefficient (Wildman–Crippen LogP) is 3.83. The van der Waals surface area contributed by atoms with E-state index >= 15 is 0 Å². The number of fused-ring (bicyclic) bond motifs is 1. The van der Waals surface area contributed by atoms with Gasteiger partial charge in [0.25, 0.3) is 0 Å². The molecule has 4 aromatic rings. The molecule has 7 nitrogen and oxygen atoms in total. The Hall–Kier alpha value is -4.33. The number of amides is 1. The Balaban J connectivity index is 1.69. The number of rotatable bonds is 6. The first-order chi connectivity index (χ1) is 15.5. The molecule has 0 unspecified atom stereocenters. The highest BCUT2D eigenvalue weighted by molar-refractivity contribution is 6.09. The van der Waals surface area contributed by atoms with Crippen molar-refractivity contribution < 1.29 is 23.5 Å². The molecule has 0 saturated heterocycles. The van der Waals surface area contributed by atoms with Crippen molar-refractivity contribution in [2.45, 2.75) is 6.54 Å². The van der Waals surface area contributed by atoms with E-state index in [1.165, 1.54) is 35.9 Å². The number of hydrogen-bond acceptors (Lipinski definition) is 5. The molecule has 8 heteroatoms. The number of hydrogen-bond donors (Lipinski definition) is 1. The van der Waals surface area contributed by atoms with Gasteiger partial charge in [-0.15, -0.1) is 0 Å². The first-order valence-electron chi connectivity index (χ1n) is 9.70. The molecule has 1 heterocycles. The summed E-state index contributed by atoms with van der Waals surface area (Å²) in [6.45, 7) is -0.244. The zero-order valence-electron chi connectivity index (χ0n) is 17.0. The van der Waals surface area contributed by atoms with Crippen LogP contribution in [0.15, 0.2) is 72.8 Å². The summed E-state index contributed by atoms with van der Waals surface area (Å²) in [5, 5.41) is 2.68. The van der Waals surface area contributed by atoms with Crippen LogP contribution in [-0.2, 0) is 16.1 Å². The van der Waals surface area contributed by atoms with Gasteiger partial charge >= 0.3 is 5.97 Å². The summed E-state index contributed by atoms with van der Waals surface area (Å²) in [5.41, 5.74) is 1.71. The molecule has 3 aromatic carbocycles. The number of aromatic nitrogens is 2. The highest BCUT2D eigenvalue weighted by atomic mass is 19.1. The summed E-state index contributed by atoms with van der Waals surface area (Å²) < 4.78 is 19.9. The number of nitrogens with zero attached hydrogens (tertiary/aromatic N) is 2. The van der Waals surface area contributed by atoms with E-state index in [2.05, 4.69) is 10.3 Å². The summed E-state index contributed by atoms with van der Waals surface area (Å²) in [7, 11) is 1.25. The summed E-state index contributed by atoms with van der Waals surface area (Å²) >= 11 is 0. The maximum absolute atomic E-state index is 13.7. The summed E-state index contributed by atoms with van der Waals surface area (Å²) in [6, 6.07) is 18.7. The fraction of sp³-hybridized carbons (Fsp3) is 0.0833. The minimum atomic E-state index is -0.587. The van der Waals surface area contributed by atoms with Crippen molar-refractivity contribution in [3.05, 3.63) is 95.6 Å². The van der Waals surface area contributed by atoms with E-state index in [0.717, 1.165) is 6.07 Å². The Morgan fingerprint density at radius 1 is 1.00 bits per heavy atom. The Morgan fingerprint density at radius 3 is 2.53 bits per heavy atom. The van der Waals surface area contributed by atoms with Gasteiger partial charge < -0.3 is 14.6 Å². The molecule has 0 aliphatic heterocycles. The van der Waals surface area contributed by atoms with Gasteiger partial charge in [0.1, 0.15) is 12.4 Å². The van der Waals surface area contributed by atoms with Crippen LogP contribution in [0.5, 0.6) is 0 Å². The quantitative estimate of drug-likeness (QED) is 0.370. The Bertz CT molecular complexity index is 1350. The lowest BCUT2D eigenvalue weighted by Gasteiger charge is -2.12. The van der Waals surface area contributed by atoms with Crippen LogP contribution in [0.4, 0.5) is 10.1 Å². The van der Waals surface area contributed by atoms with Crippen LogP contribution in [0.1, 0.15) is 26.5 Å². The standard InChI is InChI=1S/C24H18FN3O4/c1-32-24(31)17-9-2-3-10-18(17)26-21(29)14-28-20-12-5-4-11-19(20)27-23(28)22(30)15-7-6-8-16(25)13-15/h2-13H,14H2,1H3,(H,26,29). The second-order valence-corrected chi connectivity index (χ2v) is 6.94. The number of carbonyl (C=O) groups excluding carboxylic acids is 3. The fourth-order valence-corrected chi connectivity index (χ4v) is 3.38. The molecular formula is C24H18FN3O4. The second kappa shape index (κ2) is 8.81. The topological polar surface area (TPSA) is 90.3 Å². The first-order valence-corrected chi connectivity index (χ1v) is 9.70. The summed E-state index contributed by atoms with van der Waals surface area (Å²) in [4.78, 5) is 42.3. The number of imidazole rings is 1. The first kappa shape index (κ1) is 20.9. The predicted molar refractivity (Wildman–Crippen MR) is 116 cm³/mol. The largest absolute Gasteiger partial charge is 0.465 e. The van der Waals surface area contributed by atoms with Gasteiger partial charge in [-0.3, -0.25) is 9.59 Å². The van der Waals surface area contributed by atoms with Gasteiger partial charge in [0.2, 0.25) is 11.7 Å². The number of halogens is 1. The van der Waals surface area contributed by atoms with E-state index in [9.17, 15) is 18.8 Å². The smallest absolute Gasteiger partial charge is 0.339 e. The average molecular weight is 431 g/mol. The molecule has 1 aromatic heterocycles. The lowest BCUT2D eigenvalue weighted by atomic mass is 10.1. The highest BCUT2D eigenvalue weighted by Gasteiger charge is 2.22. The molecule has 0 atom stereocenters. The maximum Gasteiger partial charge on any atom is 0.339 e. The fourth-order valence-electron chi connectivity index (χ4n) is 3.38. The molecule has 1 N–H and O–H groups in total. The molecule has 0 aliphatic carbocycles. The minimum absolute atomic E-state index is 0.00760. The number of methoxy groups -OCH3 is 1. The van der Waals surface area contributed by atoms with Crippen molar-refractivity contribution in [1.29, 1.82) is 0 Å². The third kappa shape index (κ3) is 4.11. The molecule has 32 heavy (non-hydrogen) atoms. The second-order valence-electron chi connectivity index (χ2n) is 6.94. The van der Waals surface area contributed by atoms with Gasteiger partial charge in [-0.25, -0.2) is 14.2 Å². The maximum atomic E-state index is 13.7. The minimum Gasteiger partial charge on any atom is -0.465 e. The Labute approximate surface area is 182 Å². The molecule has 0 fully saturated rings. The number of carbonyl (C=O) groups is 3. The lowest BCUT2D eigenvalue weighted by molar-refractivity contribution is -0.116. The number of anilines is 1. The number of esters is 1.